The minimum Gasteiger partial charge on any atom is -0.466 e. The van der Waals surface area contributed by atoms with Crippen molar-refractivity contribution in [2.24, 2.45) is 17.8 Å². The van der Waals surface area contributed by atoms with Gasteiger partial charge in [0.2, 0.25) is 6.23 Å². The van der Waals surface area contributed by atoms with Crippen molar-refractivity contribution < 1.29 is 46.2 Å². The number of rotatable bonds is 18. The van der Waals surface area contributed by atoms with E-state index in [1.54, 1.807) is 18.2 Å². The van der Waals surface area contributed by atoms with Gasteiger partial charge in [-0.05, 0) is 49.3 Å². The first kappa shape index (κ1) is 38.1. The number of esters is 2. The summed E-state index contributed by atoms with van der Waals surface area (Å²) in [5.41, 5.74) is 4.46. The third-order valence-corrected chi connectivity index (χ3v) is 8.98. The van der Waals surface area contributed by atoms with Crippen molar-refractivity contribution in [1.29, 1.82) is 0 Å². The molecule has 0 radical (unpaired) electrons. The Morgan fingerprint density at radius 3 is 2.32 bits per heavy atom. The summed E-state index contributed by atoms with van der Waals surface area (Å²) in [5, 5.41) is 2.57. The van der Waals surface area contributed by atoms with Gasteiger partial charge in [-0.1, -0.05) is 52.8 Å². The molecule has 1 aromatic heterocycles. The monoisotopic (exact) mass is 686 g/mol. The Kier molecular flexibility index (Phi) is 13.9. The van der Waals surface area contributed by atoms with E-state index in [9.17, 15) is 18.9 Å². The number of carbonyl (C=O) groups excluding carboxylic acids is 2. The number of hydrogen-bond acceptors (Lipinski definition) is 11. The van der Waals surface area contributed by atoms with Crippen molar-refractivity contribution in [1.82, 2.24) is 14.6 Å². The third kappa shape index (κ3) is 11.4. The van der Waals surface area contributed by atoms with E-state index in [4.69, 9.17) is 29.0 Å². The van der Waals surface area contributed by atoms with Crippen molar-refractivity contribution >= 4 is 25.5 Å². The topological polar surface area (TPSA) is 170 Å². The number of nitrogens with one attached hydrogen (secondary N) is 1. The standard InChI is InChI=1S/C31H45F2N4O9P/c1-20(2)14-17-42-27(38)12-11-24(28(39)43-18-15-21(3)4)36-47(41,46-23-9-7-6-8-10-23)44-19-25-22(5)31(32,33)29(45-25)37-16-13-26(34)35-30(37)40/h6-10,13,16,20-22,24-25,29H,11-12,14-15,17-19H2,1-5H3,(H,36,41)(H2,34,35,40)/t22?,24-,25+,29+,47?/m0/s1. The van der Waals surface area contributed by atoms with E-state index in [0.717, 1.165) is 6.20 Å². The van der Waals surface area contributed by atoms with E-state index in [2.05, 4.69) is 10.1 Å². The van der Waals surface area contributed by atoms with Crippen molar-refractivity contribution in [2.75, 3.05) is 25.6 Å². The minimum absolute atomic E-state index is 0.0709. The summed E-state index contributed by atoms with van der Waals surface area (Å²) in [6, 6.07) is 7.70. The maximum Gasteiger partial charge on any atom is 0.459 e. The van der Waals surface area contributed by atoms with E-state index in [1.807, 2.05) is 27.7 Å². The fourth-order valence-electron chi connectivity index (χ4n) is 4.43. The first-order valence-corrected chi connectivity index (χ1v) is 17.1. The third-order valence-electron chi connectivity index (χ3n) is 7.41. The Hall–Kier alpha value is -3.39. The molecule has 13 nitrogen and oxygen atoms in total. The SMILES string of the molecule is CC(C)CCOC(=O)CC[C@H](NP(=O)(OC[C@H]1O[C@@H](n2ccc(N)nc2=O)C(F)(F)C1C)Oc1ccccc1)C(=O)OCCC(C)C. The summed E-state index contributed by atoms with van der Waals surface area (Å²) in [4.78, 5) is 41.4. The van der Waals surface area contributed by atoms with Crippen molar-refractivity contribution in [3.63, 3.8) is 0 Å². The van der Waals surface area contributed by atoms with Gasteiger partial charge in [0.1, 0.15) is 17.6 Å². The lowest BCUT2D eigenvalue weighted by Crippen LogP contribution is -2.39. The lowest BCUT2D eigenvalue weighted by molar-refractivity contribution is -0.147. The Morgan fingerprint density at radius 2 is 1.70 bits per heavy atom. The molecule has 47 heavy (non-hydrogen) atoms. The van der Waals surface area contributed by atoms with Gasteiger partial charge in [0, 0.05) is 12.6 Å². The molecule has 2 unspecified atom stereocenters. The summed E-state index contributed by atoms with van der Waals surface area (Å²) in [7, 11) is -4.55. The number of ether oxygens (including phenoxy) is 3. The highest BCUT2D eigenvalue weighted by Crippen LogP contribution is 2.50. The van der Waals surface area contributed by atoms with E-state index in [1.165, 1.54) is 25.1 Å². The van der Waals surface area contributed by atoms with Gasteiger partial charge in [-0.2, -0.15) is 10.1 Å². The van der Waals surface area contributed by atoms with Crippen LogP contribution in [0.3, 0.4) is 0 Å². The van der Waals surface area contributed by atoms with Gasteiger partial charge in [-0.3, -0.25) is 18.7 Å². The van der Waals surface area contributed by atoms with Crippen LogP contribution in [0.25, 0.3) is 0 Å². The maximum atomic E-state index is 15.4. The van der Waals surface area contributed by atoms with E-state index in [-0.39, 0.29) is 43.5 Å². The van der Waals surface area contributed by atoms with Gasteiger partial charge in [0.05, 0.1) is 31.8 Å². The molecule has 16 heteroatoms. The lowest BCUT2D eigenvalue weighted by atomic mass is 10.00. The molecule has 262 valence electrons. The van der Waals surface area contributed by atoms with Crippen LogP contribution in [0, 0.1) is 17.8 Å². The Bertz CT molecular complexity index is 1430. The number of nitrogens with two attached hydrogens (primary N) is 1. The van der Waals surface area contributed by atoms with Crippen molar-refractivity contribution in [3.05, 3.63) is 53.1 Å². The molecule has 1 aromatic carbocycles. The van der Waals surface area contributed by atoms with E-state index >= 15 is 8.78 Å². The minimum atomic E-state index is -4.55. The molecule has 1 saturated heterocycles. The maximum absolute atomic E-state index is 15.4. The Labute approximate surface area is 273 Å². The van der Waals surface area contributed by atoms with Crippen LogP contribution >= 0.6 is 7.75 Å². The number of halogens is 2. The van der Waals surface area contributed by atoms with Crippen LogP contribution in [-0.2, 0) is 32.9 Å². The van der Waals surface area contributed by atoms with Gasteiger partial charge in [0.25, 0.3) is 5.92 Å². The molecule has 0 amide bonds. The fourth-order valence-corrected chi connectivity index (χ4v) is 5.97. The molecular weight excluding hydrogens is 641 g/mol. The number of hydrogen-bond donors (Lipinski definition) is 2. The largest absolute Gasteiger partial charge is 0.466 e. The number of carbonyl (C=O) groups is 2. The number of aromatic nitrogens is 2. The van der Waals surface area contributed by atoms with Crippen molar-refractivity contribution in [2.45, 2.75) is 84.6 Å². The van der Waals surface area contributed by atoms with Crippen LogP contribution in [0.5, 0.6) is 5.75 Å². The molecule has 1 aliphatic heterocycles. The second kappa shape index (κ2) is 17.1. The molecule has 0 bridgehead atoms. The molecule has 0 spiro atoms. The molecule has 0 saturated carbocycles. The van der Waals surface area contributed by atoms with Gasteiger partial charge in [0.15, 0.2) is 0 Å². The number of anilines is 1. The highest BCUT2D eigenvalue weighted by Gasteiger charge is 2.58. The lowest BCUT2D eigenvalue weighted by Gasteiger charge is -2.26. The molecule has 2 aromatic rings. The molecule has 5 atom stereocenters. The van der Waals surface area contributed by atoms with Gasteiger partial charge in [-0.15, -0.1) is 0 Å². The van der Waals surface area contributed by atoms with Crippen molar-refractivity contribution in [3.8, 4) is 5.75 Å². The van der Waals surface area contributed by atoms with Gasteiger partial charge in [-0.25, -0.2) is 18.1 Å². The summed E-state index contributed by atoms with van der Waals surface area (Å²) < 4.78 is 73.1. The fraction of sp³-hybridized carbons (Fsp3) is 0.613. The number of benzene rings is 1. The van der Waals surface area contributed by atoms with Crippen LogP contribution in [0.15, 0.2) is 47.4 Å². The normalized spacial score (nSPS) is 20.9. The van der Waals surface area contributed by atoms with Gasteiger partial charge < -0.3 is 24.5 Å². The number of nitrogens with zero attached hydrogens (tertiary/aromatic N) is 2. The molecular formula is C31H45F2N4O9P. The van der Waals surface area contributed by atoms with Crippen LogP contribution in [0.2, 0.25) is 0 Å². The number of alkyl halides is 2. The number of nitrogen functional groups attached to an aromatic ring is 1. The number of para-hydroxylation sites is 1. The zero-order valence-corrected chi connectivity index (χ0v) is 28.2. The summed E-state index contributed by atoms with van der Waals surface area (Å²) in [5.74, 6) is -5.97. The summed E-state index contributed by atoms with van der Waals surface area (Å²) in [6.45, 7) is 8.66. The van der Waals surface area contributed by atoms with Crippen LogP contribution in [0.4, 0.5) is 14.6 Å². The van der Waals surface area contributed by atoms with E-state index in [0.29, 0.717) is 23.3 Å². The second-order valence-electron chi connectivity index (χ2n) is 12.2. The molecule has 3 rings (SSSR count). The average molecular weight is 687 g/mol. The van der Waals surface area contributed by atoms with E-state index < -0.39 is 62.2 Å². The van der Waals surface area contributed by atoms with Crippen LogP contribution < -0.4 is 21.0 Å². The molecule has 1 fully saturated rings. The second-order valence-corrected chi connectivity index (χ2v) is 13.9. The first-order chi connectivity index (χ1) is 22.1. The zero-order chi connectivity index (χ0) is 34.8. The Morgan fingerprint density at radius 1 is 1.06 bits per heavy atom. The molecule has 0 aliphatic carbocycles. The highest BCUT2D eigenvalue weighted by molar-refractivity contribution is 7.52. The average Bonchev–Trinajstić information content (AvgIpc) is 3.21. The first-order valence-electron chi connectivity index (χ1n) is 15.6. The Balaban J connectivity index is 1.82. The predicted octanol–water partition coefficient (Wildman–Crippen LogP) is 5.12. The van der Waals surface area contributed by atoms with Crippen LogP contribution in [0.1, 0.15) is 66.5 Å². The quantitative estimate of drug-likeness (QED) is 0.157. The highest BCUT2D eigenvalue weighted by atomic mass is 31.2. The summed E-state index contributed by atoms with van der Waals surface area (Å²) >= 11 is 0. The smallest absolute Gasteiger partial charge is 0.459 e. The predicted molar refractivity (Wildman–Crippen MR) is 169 cm³/mol. The molecule has 1 aliphatic rings. The van der Waals surface area contributed by atoms with Crippen LogP contribution in [-0.4, -0.2) is 59.4 Å². The zero-order valence-electron chi connectivity index (χ0n) is 27.3. The molecule has 3 N–H and O–H groups in total. The van der Waals surface area contributed by atoms with Gasteiger partial charge >= 0.3 is 25.4 Å². The summed E-state index contributed by atoms with van der Waals surface area (Å²) in [6.07, 6.45) is -1.56. The molecule has 2 heterocycles.